The summed E-state index contributed by atoms with van der Waals surface area (Å²) in [4.78, 5) is 6.83. The molecule has 5 nitrogen and oxygen atoms in total. The average molecular weight is 318 g/mol. The molecule has 0 saturated carbocycles. The van der Waals surface area contributed by atoms with Crippen molar-refractivity contribution >= 4 is 11.3 Å². The van der Waals surface area contributed by atoms with Gasteiger partial charge in [0.2, 0.25) is 0 Å². The molecular formula is C16H22N4OS. The first kappa shape index (κ1) is 14.4. The molecule has 1 aliphatic carbocycles. The Kier molecular flexibility index (Phi) is 4.23. The van der Waals surface area contributed by atoms with E-state index in [2.05, 4.69) is 20.4 Å². The van der Waals surface area contributed by atoms with Crippen molar-refractivity contribution in [3.63, 3.8) is 0 Å². The van der Waals surface area contributed by atoms with Gasteiger partial charge < -0.3 is 9.84 Å². The molecule has 0 amide bonds. The zero-order valence-corrected chi connectivity index (χ0v) is 13.6. The topological polar surface area (TPSA) is 54.2 Å². The highest BCUT2D eigenvalue weighted by Crippen LogP contribution is 2.26. The highest BCUT2D eigenvalue weighted by molar-refractivity contribution is 7.09. The van der Waals surface area contributed by atoms with E-state index < -0.39 is 0 Å². The first-order valence-electron chi connectivity index (χ1n) is 8.19. The summed E-state index contributed by atoms with van der Waals surface area (Å²) in [6, 6.07) is 0.508. The number of likely N-dealkylation sites (tertiary alicyclic amines) is 1. The van der Waals surface area contributed by atoms with Crippen LogP contribution in [0.15, 0.2) is 16.1 Å². The van der Waals surface area contributed by atoms with Crippen molar-refractivity contribution in [1.82, 2.24) is 20.4 Å². The van der Waals surface area contributed by atoms with Crippen molar-refractivity contribution in [2.75, 3.05) is 13.1 Å². The lowest BCUT2D eigenvalue weighted by atomic mass is 9.92. The number of thiazole rings is 1. The van der Waals surface area contributed by atoms with Gasteiger partial charge in [-0.25, -0.2) is 4.98 Å². The molecule has 2 aliphatic rings. The van der Waals surface area contributed by atoms with Crippen LogP contribution in [0.1, 0.15) is 41.3 Å². The minimum absolute atomic E-state index is 0.508. The molecule has 6 heteroatoms. The lowest BCUT2D eigenvalue weighted by Gasteiger charge is -2.23. The number of nitrogens with zero attached hydrogens (tertiary/aromatic N) is 3. The first-order valence-corrected chi connectivity index (χ1v) is 9.07. The van der Waals surface area contributed by atoms with Crippen LogP contribution >= 0.6 is 11.3 Å². The molecule has 118 valence electrons. The minimum Gasteiger partial charge on any atom is -0.361 e. The van der Waals surface area contributed by atoms with Gasteiger partial charge in [-0.05, 0) is 38.8 Å². The Balaban J connectivity index is 1.39. The van der Waals surface area contributed by atoms with Crippen LogP contribution in [0.4, 0.5) is 0 Å². The molecule has 0 radical (unpaired) electrons. The predicted molar refractivity (Wildman–Crippen MR) is 85.8 cm³/mol. The van der Waals surface area contributed by atoms with Gasteiger partial charge in [0, 0.05) is 42.7 Å². The fraction of sp³-hybridized carbons (Fsp3) is 0.625. The van der Waals surface area contributed by atoms with E-state index in [9.17, 15) is 0 Å². The van der Waals surface area contributed by atoms with Gasteiger partial charge in [0.25, 0.3) is 0 Å². The molecule has 0 spiro atoms. The Hall–Kier alpha value is -1.24. The number of aryl methyl sites for hydroxylation is 1. The van der Waals surface area contributed by atoms with Crippen LogP contribution in [-0.2, 0) is 25.9 Å². The summed E-state index contributed by atoms with van der Waals surface area (Å²) in [6.45, 7) is 4.23. The number of fused-ring (bicyclic) bond motifs is 1. The monoisotopic (exact) mass is 318 g/mol. The van der Waals surface area contributed by atoms with Crippen LogP contribution in [0.2, 0.25) is 0 Å². The lowest BCUT2D eigenvalue weighted by molar-refractivity contribution is 0.309. The van der Waals surface area contributed by atoms with Gasteiger partial charge >= 0.3 is 0 Å². The van der Waals surface area contributed by atoms with Crippen molar-refractivity contribution in [3.8, 4) is 0 Å². The number of aromatic nitrogens is 2. The SMILES string of the molecule is c1csc(CNC2CCc3onc(CN4CCCC4)c3C2)n1. The molecule has 2 aromatic heterocycles. The third-order valence-electron chi connectivity index (χ3n) is 4.72. The van der Waals surface area contributed by atoms with E-state index in [4.69, 9.17) is 4.52 Å². The van der Waals surface area contributed by atoms with Gasteiger partial charge in [-0.3, -0.25) is 4.90 Å². The highest BCUT2D eigenvalue weighted by Gasteiger charge is 2.26. The smallest absolute Gasteiger partial charge is 0.140 e. The lowest BCUT2D eigenvalue weighted by Crippen LogP contribution is -2.34. The average Bonchev–Trinajstić information content (AvgIpc) is 3.28. The second-order valence-electron chi connectivity index (χ2n) is 6.26. The van der Waals surface area contributed by atoms with Gasteiger partial charge in [-0.2, -0.15) is 0 Å². The molecular weight excluding hydrogens is 296 g/mol. The maximum atomic E-state index is 5.58. The van der Waals surface area contributed by atoms with Crippen LogP contribution in [-0.4, -0.2) is 34.2 Å². The maximum Gasteiger partial charge on any atom is 0.140 e. The summed E-state index contributed by atoms with van der Waals surface area (Å²) >= 11 is 1.71. The van der Waals surface area contributed by atoms with E-state index in [1.54, 1.807) is 11.3 Å². The molecule has 3 heterocycles. The molecule has 0 bridgehead atoms. The Labute approximate surface area is 134 Å². The zero-order chi connectivity index (χ0) is 14.8. The molecule has 4 rings (SSSR count). The van der Waals surface area contributed by atoms with E-state index in [0.717, 1.165) is 48.8 Å². The standard InChI is InChI=1S/C16H22N4OS/c1-2-7-20(6-1)11-14-13-9-12(3-4-15(13)21-19-14)18-10-16-17-5-8-22-16/h5,8,12,18H,1-4,6-7,9-11H2. The van der Waals surface area contributed by atoms with Crippen molar-refractivity contribution < 1.29 is 4.52 Å². The molecule has 1 aliphatic heterocycles. The van der Waals surface area contributed by atoms with Crippen LogP contribution in [0.3, 0.4) is 0 Å². The number of hydrogen-bond donors (Lipinski definition) is 1. The van der Waals surface area contributed by atoms with Gasteiger partial charge in [0.1, 0.15) is 16.5 Å². The number of rotatable bonds is 5. The minimum atomic E-state index is 0.508. The van der Waals surface area contributed by atoms with Crippen molar-refractivity contribution in [2.45, 2.75) is 51.2 Å². The first-order chi connectivity index (χ1) is 10.9. The Bertz CT molecular complexity index is 604. The van der Waals surface area contributed by atoms with Gasteiger partial charge in [-0.1, -0.05) is 5.16 Å². The van der Waals surface area contributed by atoms with Gasteiger partial charge in [0.05, 0.1) is 0 Å². The van der Waals surface area contributed by atoms with E-state index in [-0.39, 0.29) is 0 Å². The predicted octanol–water partition coefficient (Wildman–Crippen LogP) is 2.37. The second-order valence-corrected chi connectivity index (χ2v) is 7.24. The molecule has 1 atom stereocenters. The van der Waals surface area contributed by atoms with Gasteiger partial charge in [-0.15, -0.1) is 11.3 Å². The van der Waals surface area contributed by atoms with Crippen molar-refractivity contribution in [2.24, 2.45) is 0 Å². The van der Waals surface area contributed by atoms with E-state index >= 15 is 0 Å². The highest BCUT2D eigenvalue weighted by atomic mass is 32.1. The molecule has 2 aromatic rings. The Morgan fingerprint density at radius 1 is 1.36 bits per heavy atom. The number of hydrogen-bond acceptors (Lipinski definition) is 6. The third-order valence-corrected chi connectivity index (χ3v) is 5.50. The summed E-state index contributed by atoms with van der Waals surface area (Å²) in [7, 11) is 0. The Morgan fingerprint density at radius 3 is 3.09 bits per heavy atom. The molecule has 1 unspecified atom stereocenters. The van der Waals surface area contributed by atoms with E-state index in [1.165, 1.54) is 31.5 Å². The van der Waals surface area contributed by atoms with Crippen LogP contribution < -0.4 is 5.32 Å². The van der Waals surface area contributed by atoms with E-state index in [0.29, 0.717) is 6.04 Å². The summed E-state index contributed by atoms with van der Waals surface area (Å²) in [5.74, 6) is 1.11. The summed E-state index contributed by atoms with van der Waals surface area (Å²) in [5, 5.41) is 11.2. The molecule has 1 saturated heterocycles. The zero-order valence-electron chi connectivity index (χ0n) is 12.8. The summed E-state index contributed by atoms with van der Waals surface area (Å²) in [6.07, 6.45) is 7.66. The van der Waals surface area contributed by atoms with Crippen LogP contribution in [0.25, 0.3) is 0 Å². The Morgan fingerprint density at radius 2 is 2.27 bits per heavy atom. The van der Waals surface area contributed by atoms with Crippen LogP contribution in [0.5, 0.6) is 0 Å². The number of nitrogens with one attached hydrogen (secondary N) is 1. The molecule has 1 fully saturated rings. The van der Waals surface area contributed by atoms with Crippen molar-refractivity contribution in [1.29, 1.82) is 0 Å². The third kappa shape index (κ3) is 3.09. The molecule has 22 heavy (non-hydrogen) atoms. The second kappa shape index (κ2) is 6.48. The fourth-order valence-corrected chi connectivity index (χ4v) is 4.05. The maximum absolute atomic E-state index is 5.58. The summed E-state index contributed by atoms with van der Waals surface area (Å²) in [5.41, 5.74) is 2.52. The molecule has 0 aromatic carbocycles. The molecule has 1 N–H and O–H groups in total. The largest absolute Gasteiger partial charge is 0.361 e. The summed E-state index contributed by atoms with van der Waals surface area (Å²) < 4.78 is 5.58. The normalized spacial score (nSPS) is 22.1. The van der Waals surface area contributed by atoms with Crippen LogP contribution in [0, 0.1) is 0 Å². The van der Waals surface area contributed by atoms with Gasteiger partial charge in [0.15, 0.2) is 0 Å². The van der Waals surface area contributed by atoms with Crippen molar-refractivity contribution in [3.05, 3.63) is 33.6 Å². The quantitative estimate of drug-likeness (QED) is 0.917. The van der Waals surface area contributed by atoms with E-state index in [1.807, 2.05) is 11.6 Å². The fourth-order valence-electron chi connectivity index (χ4n) is 3.49.